The minimum absolute atomic E-state index is 0.194. The minimum Gasteiger partial charge on any atom is -0.508 e. The number of hydrogen-bond acceptors (Lipinski definition) is 4. The summed E-state index contributed by atoms with van der Waals surface area (Å²) in [5.41, 5.74) is 6.12. The molecule has 94 valence electrons. The van der Waals surface area contributed by atoms with Crippen LogP contribution in [-0.4, -0.2) is 22.7 Å². The Balaban J connectivity index is 2.57. The zero-order valence-corrected chi connectivity index (χ0v) is 10.4. The molecule has 4 nitrogen and oxygen atoms in total. The Labute approximate surface area is 101 Å². The topological polar surface area (TPSA) is 72.5 Å². The number of hydrogen-bond donors (Lipinski definition) is 2. The molecule has 0 radical (unpaired) electrons. The van der Waals surface area contributed by atoms with Crippen LogP contribution in [0.2, 0.25) is 0 Å². The zero-order chi connectivity index (χ0) is 13.1. The first-order valence-corrected chi connectivity index (χ1v) is 5.54. The summed E-state index contributed by atoms with van der Waals surface area (Å²) in [5, 5.41) is 9.13. The van der Waals surface area contributed by atoms with Crippen LogP contribution in [0.1, 0.15) is 26.3 Å². The Morgan fingerprint density at radius 2 is 1.88 bits per heavy atom. The average molecular weight is 237 g/mol. The standard InChI is InChI=1S/C13H19NO3/c1-13(2,3)17-12(16)11(14)8-9-4-6-10(15)7-5-9/h4-7,11,15H,8,14H2,1-3H3. The molecular formula is C13H19NO3. The van der Waals surface area contributed by atoms with Gasteiger partial charge in [0.05, 0.1) is 0 Å². The third-order valence-corrected chi connectivity index (χ3v) is 2.10. The van der Waals surface area contributed by atoms with Crippen molar-refractivity contribution in [3.63, 3.8) is 0 Å². The van der Waals surface area contributed by atoms with E-state index >= 15 is 0 Å². The smallest absolute Gasteiger partial charge is 0.323 e. The Morgan fingerprint density at radius 3 is 2.35 bits per heavy atom. The van der Waals surface area contributed by atoms with Crippen molar-refractivity contribution >= 4 is 5.97 Å². The van der Waals surface area contributed by atoms with Crippen molar-refractivity contribution in [3.05, 3.63) is 29.8 Å². The maximum absolute atomic E-state index is 11.6. The lowest BCUT2D eigenvalue weighted by atomic mass is 10.1. The van der Waals surface area contributed by atoms with Gasteiger partial charge in [0, 0.05) is 0 Å². The Morgan fingerprint density at radius 1 is 1.35 bits per heavy atom. The second-order valence-corrected chi connectivity index (χ2v) is 5.01. The van der Waals surface area contributed by atoms with Crippen molar-refractivity contribution < 1.29 is 14.6 Å². The molecule has 3 N–H and O–H groups in total. The van der Waals surface area contributed by atoms with Gasteiger partial charge in [0.2, 0.25) is 0 Å². The predicted molar refractivity (Wildman–Crippen MR) is 65.6 cm³/mol. The summed E-state index contributed by atoms with van der Waals surface area (Å²) in [6.45, 7) is 5.41. The van der Waals surface area contributed by atoms with Crippen molar-refractivity contribution in [3.8, 4) is 5.75 Å². The molecule has 0 saturated carbocycles. The van der Waals surface area contributed by atoms with Crippen molar-refractivity contribution in [2.24, 2.45) is 5.73 Å². The van der Waals surface area contributed by atoms with E-state index in [2.05, 4.69) is 0 Å². The lowest BCUT2D eigenvalue weighted by Crippen LogP contribution is -2.38. The first-order chi connectivity index (χ1) is 7.78. The van der Waals surface area contributed by atoms with E-state index in [4.69, 9.17) is 15.6 Å². The van der Waals surface area contributed by atoms with Crippen LogP contribution >= 0.6 is 0 Å². The van der Waals surface area contributed by atoms with E-state index < -0.39 is 17.6 Å². The second-order valence-electron chi connectivity index (χ2n) is 5.01. The molecule has 0 aliphatic heterocycles. The summed E-state index contributed by atoms with van der Waals surface area (Å²) >= 11 is 0. The maximum Gasteiger partial charge on any atom is 0.323 e. The number of esters is 1. The van der Waals surface area contributed by atoms with Gasteiger partial charge in [-0.25, -0.2) is 0 Å². The summed E-state index contributed by atoms with van der Waals surface area (Å²) in [6.07, 6.45) is 0.398. The molecule has 1 aromatic carbocycles. The molecule has 0 fully saturated rings. The molecule has 0 saturated heterocycles. The van der Waals surface area contributed by atoms with E-state index in [1.165, 1.54) is 0 Å². The first-order valence-electron chi connectivity index (χ1n) is 5.54. The summed E-state index contributed by atoms with van der Waals surface area (Å²) in [6, 6.07) is 5.92. The SMILES string of the molecule is CC(C)(C)OC(=O)C(N)Cc1ccc(O)cc1. The molecule has 0 aromatic heterocycles. The fourth-order valence-electron chi connectivity index (χ4n) is 1.35. The van der Waals surface area contributed by atoms with Crippen molar-refractivity contribution in [2.45, 2.75) is 38.8 Å². The van der Waals surface area contributed by atoms with Gasteiger partial charge in [-0.15, -0.1) is 0 Å². The molecule has 0 spiro atoms. The number of rotatable bonds is 3. The number of carbonyl (C=O) groups excluding carboxylic acids is 1. The number of phenols is 1. The molecule has 0 amide bonds. The van der Waals surface area contributed by atoms with Crippen molar-refractivity contribution in [2.75, 3.05) is 0 Å². The largest absolute Gasteiger partial charge is 0.508 e. The fraction of sp³-hybridized carbons (Fsp3) is 0.462. The van der Waals surface area contributed by atoms with Crippen LogP contribution in [-0.2, 0) is 16.0 Å². The van der Waals surface area contributed by atoms with Crippen LogP contribution in [0.3, 0.4) is 0 Å². The number of benzene rings is 1. The van der Waals surface area contributed by atoms with E-state index in [1.807, 2.05) is 0 Å². The van der Waals surface area contributed by atoms with Crippen molar-refractivity contribution in [1.29, 1.82) is 0 Å². The van der Waals surface area contributed by atoms with Gasteiger partial charge in [-0.1, -0.05) is 12.1 Å². The number of nitrogens with two attached hydrogens (primary N) is 1. The van der Waals surface area contributed by atoms with Gasteiger partial charge in [-0.3, -0.25) is 4.79 Å². The molecule has 0 bridgehead atoms. The Bertz CT molecular complexity index is 379. The van der Waals surface area contributed by atoms with Gasteiger partial charge in [0.15, 0.2) is 0 Å². The summed E-state index contributed by atoms with van der Waals surface area (Å²) in [7, 11) is 0. The highest BCUT2D eigenvalue weighted by atomic mass is 16.6. The Hall–Kier alpha value is -1.55. The third-order valence-electron chi connectivity index (χ3n) is 2.10. The molecule has 1 atom stereocenters. The minimum atomic E-state index is -0.682. The normalized spacial score (nSPS) is 13.2. The lowest BCUT2D eigenvalue weighted by Gasteiger charge is -2.22. The molecule has 4 heteroatoms. The van der Waals surface area contributed by atoms with Gasteiger partial charge in [-0.05, 0) is 44.9 Å². The van der Waals surface area contributed by atoms with Crippen LogP contribution in [0.25, 0.3) is 0 Å². The fourth-order valence-corrected chi connectivity index (χ4v) is 1.35. The molecule has 0 aliphatic rings. The number of carbonyl (C=O) groups is 1. The van der Waals surface area contributed by atoms with Gasteiger partial charge in [0.1, 0.15) is 17.4 Å². The monoisotopic (exact) mass is 237 g/mol. The van der Waals surface area contributed by atoms with E-state index in [0.717, 1.165) is 5.56 Å². The average Bonchev–Trinajstić information content (AvgIpc) is 2.19. The highest BCUT2D eigenvalue weighted by Crippen LogP contribution is 2.13. The van der Waals surface area contributed by atoms with Crippen LogP contribution < -0.4 is 5.73 Å². The number of ether oxygens (including phenoxy) is 1. The summed E-state index contributed by atoms with van der Waals surface area (Å²) in [5.74, 6) is -0.217. The number of aromatic hydroxyl groups is 1. The highest BCUT2D eigenvalue weighted by Gasteiger charge is 2.22. The van der Waals surface area contributed by atoms with Gasteiger partial charge in [-0.2, -0.15) is 0 Å². The zero-order valence-electron chi connectivity index (χ0n) is 10.4. The quantitative estimate of drug-likeness (QED) is 0.783. The van der Waals surface area contributed by atoms with Gasteiger partial charge < -0.3 is 15.6 Å². The molecular weight excluding hydrogens is 218 g/mol. The van der Waals surface area contributed by atoms with E-state index in [-0.39, 0.29) is 5.75 Å². The third kappa shape index (κ3) is 4.87. The molecule has 0 aliphatic carbocycles. The van der Waals surface area contributed by atoms with Crippen LogP contribution in [0.4, 0.5) is 0 Å². The van der Waals surface area contributed by atoms with Gasteiger partial charge in [0.25, 0.3) is 0 Å². The van der Waals surface area contributed by atoms with Gasteiger partial charge >= 0.3 is 5.97 Å². The molecule has 0 heterocycles. The molecule has 1 unspecified atom stereocenters. The lowest BCUT2D eigenvalue weighted by molar-refractivity contribution is -0.156. The maximum atomic E-state index is 11.6. The molecule has 17 heavy (non-hydrogen) atoms. The van der Waals surface area contributed by atoms with Crippen LogP contribution in [0.15, 0.2) is 24.3 Å². The second kappa shape index (κ2) is 5.19. The van der Waals surface area contributed by atoms with Crippen LogP contribution in [0.5, 0.6) is 5.75 Å². The molecule has 1 rings (SSSR count). The van der Waals surface area contributed by atoms with Crippen molar-refractivity contribution in [1.82, 2.24) is 0 Å². The summed E-state index contributed by atoms with van der Waals surface area (Å²) < 4.78 is 5.18. The highest BCUT2D eigenvalue weighted by molar-refractivity contribution is 5.76. The summed E-state index contributed by atoms with van der Waals surface area (Å²) in [4.78, 5) is 11.6. The van der Waals surface area contributed by atoms with E-state index in [1.54, 1.807) is 45.0 Å². The first kappa shape index (κ1) is 13.5. The number of phenolic OH excluding ortho intramolecular Hbond substituents is 1. The van der Waals surface area contributed by atoms with Crippen LogP contribution in [0, 0.1) is 0 Å². The Kier molecular flexibility index (Phi) is 4.12. The van der Waals surface area contributed by atoms with E-state index in [0.29, 0.717) is 6.42 Å². The predicted octanol–water partition coefficient (Wildman–Crippen LogP) is 1.60. The van der Waals surface area contributed by atoms with E-state index in [9.17, 15) is 4.79 Å². The molecule has 1 aromatic rings.